The molecular weight excluding hydrogens is 268 g/mol. The quantitative estimate of drug-likeness (QED) is 0.735. The average molecular weight is 284 g/mol. The molecule has 2 aromatic rings. The molecule has 0 bridgehead atoms. The Morgan fingerprint density at radius 2 is 1.81 bits per heavy atom. The molecule has 3 rings (SSSR count). The van der Waals surface area contributed by atoms with E-state index in [1.807, 2.05) is 24.3 Å². The zero-order valence-corrected chi connectivity index (χ0v) is 11.5. The summed E-state index contributed by atoms with van der Waals surface area (Å²) in [4.78, 5) is 23.4. The zero-order chi connectivity index (χ0) is 14.8. The Morgan fingerprint density at radius 3 is 2.57 bits per heavy atom. The lowest BCUT2D eigenvalue weighted by atomic mass is 10.0. The Bertz CT molecular complexity index is 715. The average Bonchev–Trinajstić information content (AvgIpc) is 2.92. The van der Waals surface area contributed by atoms with Gasteiger partial charge in [-0.15, -0.1) is 0 Å². The smallest absolute Gasteiger partial charge is 0.313 e. The molecular formula is C16H16N2O3. The minimum absolute atomic E-state index is 0.0656. The highest BCUT2D eigenvalue weighted by atomic mass is 16.3. The molecule has 108 valence electrons. The van der Waals surface area contributed by atoms with Crippen LogP contribution in [0.25, 0.3) is 10.8 Å². The van der Waals surface area contributed by atoms with Gasteiger partial charge in [-0.25, -0.2) is 0 Å². The van der Waals surface area contributed by atoms with Crippen LogP contribution in [0.2, 0.25) is 0 Å². The van der Waals surface area contributed by atoms with Crippen molar-refractivity contribution in [1.82, 2.24) is 5.32 Å². The van der Waals surface area contributed by atoms with Crippen LogP contribution in [0, 0.1) is 0 Å². The molecule has 0 atom stereocenters. The molecule has 2 aromatic carbocycles. The Labute approximate surface area is 122 Å². The third-order valence-electron chi connectivity index (χ3n) is 3.73. The summed E-state index contributed by atoms with van der Waals surface area (Å²) in [6.45, 7) is -0.129. The number of nitrogens with one attached hydrogen (secondary N) is 2. The Kier molecular flexibility index (Phi) is 3.58. The van der Waals surface area contributed by atoms with E-state index in [2.05, 4.69) is 16.7 Å². The second-order valence-corrected chi connectivity index (χ2v) is 5.05. The summed E-state index contributed by atoms with van der Waals surface area (Å²) >= 11 is 0. The van der Waals surface area contributed by atoms with Crippen molar-refractivity contribution in [3.63, 3.8) is 0 Å². The molecule has 0 aromatic heterocycles. The molecule has 0 heterocycles. The number of aryl methyl sites for hydroxylation is 2. The molecule has 5 nitrogen and oxygen atoms in total. The fourth-order valence-electron chi connectivity index (χ4n) is 2.78. The maximum Gasteiger partial charge on any atom is 0.313 e. The topological polar surface area (TPSA) is 78.4 Å². The molecule has 0 unspecified atom stereocenters. The minimum Gasteiger partial charge on any atom is -0.395 e. The number of amides is 2. The number of carbonyl (C=O) groups is 2. The molecule has 0 spiro atoms. The van der Waals surface area contributed by atoms with Gasteiger partial charge in [0.2, 0.25) is 0 Å². The normalized spacial score (nSPS) is 12.4. The second-order valence-electron chi connectivity index (χ2n) is 5.05. The van der Waals surface area contributed by atoms with Gasteiger partial charge in [0.25, 0.3) is 0 Å². The van der Waals surface area contributed by atoms with Gasteiger partial charge in [0.05, 0.1) is 6.61 Å². The molecule has 1 aliphatic rings. The molecule has 5 heteroatoms. The first kappa shape index (κ1) is 13.6. The van der Waals surface area contributed by atoms with Crippen LogP contribution in [-0.4, -0.2) is 30.1 Å². The number of benzene rings is 2. The highest BCUT2D eigenvalue weighted by Crippen LogP contribution is 2.34. The first-order valence-corrected chi connectivity index (χ1v) is 6.94. The maximum atomic E-state index is 11.8. The van der Waals surface area contributed by atoms with Crippen molar-refractivity contribution < 1.29 is 14.7 Å². The maximum absolute atomic E-state index is 11.8. The number of hydrogen-bond donors (Lipinski definition) is 3. The molecule has 3 N–H and O–H groups in total. The van der Waals surface area contributed by atoms with Crippen molar-refractivity contribution in [2.24, 2.45) is 0 Å². The van der Waals surface area contributed by atoms with Gasteiger partial charge < -0.3 is 15.7 Å². The third kappa shape index (κ3) is 2.48. The summed E-state index contributed by atoms with van der Waals surface area (Å²) in [7, 11) is 0. The number of anilines is 1. The van der Waals surface area contributed by atoms with E-state index in [1.54, 1.807) is 0 Å². The van der Waals surface area contributed by atoms with Gasteiger partial charge in [-0.05, 0) is 35.4 Å². The molecule has 0 radical (unpaired) electrons. The molecule has 0 saturated heterocycles. The monoisotopic (exact) mass is 284 g/mol. The summed E-state index contributed by atoms with van der Waals surface area (Å²) < 4.78 is 0. The second kappa shape index (κ2) is 5.54. The van der Waals surface area contributed by atoms with Crippen LogP contribution in [0.4, 0.5) is 5.69 Å². The molecule has 0 saturated carbocycles. The number of carbonyl (C=O) groups excluding carboxylic acids is 2. The fourth-order valence-corrected chi connectivity index (χ4v) is 2.78. The lowest BCUT2D eigenvalue weighted by molar-refractivity contribution is -0.136. The summed E-state index contributed by atoms with van der Waals surface area (Å²) in [5.41, 5.74) is 3.20. The van der Waals surface area contributed by atoms with Gasteiger partial charge >= 0.3 is 11.8 Å². The summed E-state index contributed by atoms with van der Waals surface area (Å²) in [6.07, 6.45) is 2.03. The zero-order valence-electron chi connectivity index (χ0n) is 11.5. The predicted molar refractivity (Wildman–Crippen MR) is 80.1 cm³/mol. The van der Waals surface area contributed by atoms with E-state index in [4.69, 9.17) is 5.11 Å². The Balaban J connectivity index is 1.89. The van der Waals surface area contributed by atoms with Gasteiger partial charge in [0, 0.05) is 17.6 Å². The van der Waals surface area contributed by atoms with Gasteiger partial charge in [0.1, 0.15) is 0 Å². The fraction of sp³-hybridized carbons (Fsp3) is 0.250. The molecule has 2 amide bonds. The van der Waals surface area contributed by atoms with Crippen molar-refractivity contribution in [2.45, 2.75) is 12.8 Å². The van der Waals surface area contributed by atoms with Gasteiger partial charge in [-0.3, -0.25) is 9.59 Å². The van der Waals surface area contributed by atoms with Crippen LogP contribution in [0.3, 0.4) is 0 Å². The number of hydrogen-bond acceptors (Lipinski definition) is 3. The summed E-state index contributed by atoms with van der Waals surface area (Å²) in [5.74, 6) is -1.46. The van der Waals surface area contributed by atoms with Crippen molar-refractivity contribution in [2.75, 3.05) is 18.5 Å². The van der Waals surface area contributed by atoms with Crippen LogP contribution in [0.1, 0.15) is 11.1 Å². The van der Waals surface area contributed by atoms with Gasteiger partial charge in [-0.2, -0.15) is 0 Å². The van der Waals surface area contributed by atoms with E-state index in [-0.39, 0.29) is 13.2 Å². The number of aliphatic hydroxyl groups is 1. The molecule has 21 heavy (non-hydrogen) atoms. The van der Waals surface area contributed by atoms with E-state index < -0.39 is 11.8 Å². The highest BCUT2D eigenvalue weighted by molar-refractivity contribution is 6.40. The van der Waals surface area contributed by atoms with Crippen LogP contribution < -0.4 is 10.6 Å². The highest BCUT2D eigenvalue weighted by Gasteiger charge is 2.18. The molecule has 0 fully saturated rings. The van der Waals surface area contributed by atoms with Crippen LogP contribution in [0.5, 0.6) is 0 Å². The largest absolute Gasteiger partial charge is 0.395 e. The van der Waals surface area contributed by atoms with E-state index in [9.17, 15) is 9.59 Å². The van der Waals surface area contributed by atoms with Crippen molar-refractivity contribution in [3.8, 4) is 0 Å². The first-order chi connectivity index (χ1) is 10.2. The van der Waals surface area contributed by atoms with E-state index in [0.29, 0.717) is 5.69 Å². The molecule has 1 aliphatic carbocycles. The lowest BCUT2D eigenvalue weighted by Gasteiger charge is -2.10. The predicted octanol–water partition coefficient (Wildman–Crippen LogP) is 0.985. The number of rotatable bonds is 3. The standard InChI is InChI=1S/C16H16N2O3/c19-9-8-17-15(20)16(21)18-13-7-6-11-5-4-10-2-1-3-12(13)14(10)11/h1-3,6-7,19H,4-5,8-9H2,(H,17,20)(H,18,21). The molecule has 0 aliphatic heterocycles. The first-order valence-electron chi connectivity index (χ1n) is 6.94. The Morgan fingerprint density at radius 1 is 1.05 bits per heavy atom. The van der Waals surface area contributed by atoms with Crippen molar-refractivity contribution in [1.29, 1.82) is 0 Å². The number of aliphatic hydroxyl groups excluding tert-OH is 1. The summed E-state index contributed by atoms with van der Waals surface area (Å²) in [5, 5.41) is 15.8. The van der Waals surface area contributed by atoms with Crippen LogP contribution in [-0.2, 0) is 22.4 Å². The van der Waals surface area contributed by atoms with Crippen LogP contribution in [0.15, 0.2) is 30.3 Å². The third-order valence-corrected chi connectivity index (χ3v) is 3.73. The van der Waals surface area contributed by atoms with E-state index in [0.717, 1.165) is 18.2 Å². The van der Waals surface area contributed by atoms with Gasteiger partial charge in [0.15, 0.2) is 0 Å². The van der Waals surface area contributed by atoms with Crippen molar-refractivity contribution in [3.05, 3.63) is 41.5 Å². The van der Waals surface area contributed by atoms with E-state index in [1.165, 1.54) is 16.5 Å². The van der Waals surface area contributed by atoms with Crippen molar-refractivity contribution >= 4 is 28.3 Å². The summed E-state index contributed by atoms with van der Waals surface area (Å²) in [6, 6.07) is 9.85. The van der Waals surface area contributed by atoms with Gasteiger partial charge in [-0.1, -0.05) is 24.3 Å². The van der Waals surface area contributed by atoms with Crippen LogP contribution >= 0.6 is 0 Å². The Hall–Kier alpha value is -2.40. The lowest BCUT2D eigenvalue weighted by Crippen LogP contribution is -2.36. The SMILES string of the molecule is O=C(NCCO)C(=O)Nc1ccc2c3c(cccc13)CC2. The minimum atomic E-state index is -0.743. The van der Waals surface area contributed by atoms with E-state index >= 15 is 0 Å².